The van der Waals surface area contributed by atoms with E-state index in [9.17, 15) is 13.6 Å². The van der Waals surface area contributed by atoms with Crippen LogP contribution in [0.15, 0.2) is 36.4 Å². The molecule has 32 heavy (non-hydrogen) atoms. The van der Waals surface area contributed by atoms with Gasteiger partial charge in [0.25, 0.3) is 5.91 Å². The smallest absolute Gasteiger partial charge is 0.387 e. The zero-order chi connectivity index (χ0) is 22.7. The number of carbonyl (C=O) groups excluding carboxylic acids is 1. The van der Waals surface area contributed by atoms with Crippen LogP contribution in [0.25, 0.3) is 11.4 Å². The van der Waals surface area contributed by atoms with Crippen molar-refractivity contribution in [3.8, 4) is 22.9 Å². The van der Waals surface area contributed by atoms with Crippen molar-refractivity contribution in [3.05, 3.63) is 52.8 Å². The number of fused-ring (bicyclic) bond motifs is 1. The molecule has 2 heterocycles. The van der Waals surface area contributed by atoms with Gasteiger partial charge < -0.3 is 19.4 Å². The number of nitrogens with zero attached hydrogens (tertiary/aromatic N) is 3. The Morgan fingerprint density at radius 3 is 2.75 bits per heavy atom. The highest BCUT2D eigenvalue weighted by molar-refractivity contribution is 6.33. The van der Waals surface area contributed by atoms with Gasteiger partial charge in [0, 0.05) is 29.8 Å². The molecule has 1 amide bonds. The zero-order valence-corrected chi connectivity index (χ0v) is 18.0. The van der Waals surface area contributed by atoms with Crippen molar-refractivity contribution >= 4 is 23.2 Å². The number of carbonyl (C=O) groups is 1. The lowest BCUT2D eigenvalue weighted by molar-refractivity contribution is -0.0512. The Bertz CT molecular complexity index is 1140. The van der Waals surface area contributed by atoms with Gasteiger partial charge in [0.15, 0.2) is 17.3 Å². The summed E-state index contributed by atoms with van der Waals surface area (Å²) < 4.78 is 36.6. The minimum Gasteiger partial charge on any atom is -0.493 e. The highest BCUT2D eigenvalue weighted by Crippen LogP contribution is 2.32. The van der Waals surface area contributed by atoms with E-state index in [4.69, 9.17) is 16.3 Å². The quantitative estimate of drug-likeness (QED) is 0.545. The first-order valence-corrected chi connectivity index (χ1v) is 10.5. The Kier molecular flexibility index (Phi) is 6.55. The van der Waals surface area contributed by atoms with Crippen LogP contribution in [0, 0.1) is 0 Å². The molecule has 0 spiro atoms. The fourth-order valence-corrected chi connectivity index (χ4v) is 3.87. The second kappa shape index (κ2) is 9.52. The number of alkyl halides is 2. The number of benzene rings is 2. The molecule has 0 saturated heterocycles. The summed E-state index contributed by atoms with van der Waals surface area (Å²) in [7, 11) is 1.31. The average molecular weight is 463 g/mol. The lowest BCUT2D eigenvalue weighted by Crippen LogP contribution is -2.13. The second-order valence-corrected chi connectivity index (χ2v) is 7.70. The lowest BCUT2D eigenvalue weighted by Gasteiger charge is -2.13. The summed E-state index contributed by atoms with van der Waals surface area (Å²) in [6.07, 6.45) is 4.12. The van der Waals surface area contributed by atoms with E-state index in [1.165, 1.54) is 25.3 Å². The monoisotopic (exact) mass is 462 g/mol. The average Bonchev–Trinajstić information content (AvgIpc) is 3.02. The van der Waals surface area contributed by atoms with Gasteiger partial charge in [-0.25, -0.2) is 0 Å². The van der Waals surface area contributed by atoms with Gasteiger partial charge in [0.05, 0.1) is 12.1 Å². The SMILES string of the molecule is COc1cc(C(=O)Nc2ccc(Cl)c(-c3nnc4n3CCCCC4)c2)ccc1OC(F)F. The van der Waals surface area contributed by atoms with Crippen molar-refractivity contribution in [2.24, 2.45) is 0 Å². The highest BCUT2D eigenvalue weighted by atomic mass is 35.5. The summed E-state index contributed by atoms with van der Waals surface area (Å²) in [5.74, 6) is 1.03. The summed E-state index contributed by atoms with van der Waals surface area (Å²) in [5, 5.41) is 11.9. The third-order valence-electron chi connectivity index (χ3n) is 5.22. The highest BCUT2D eigenvalue weighted by Gasteiger charge is 2.19. The molecular formula is C22H21ClF2N4O3. The maximum atomic E-state index is 12.8. The van der Waals surface area contributed by atoms with Crippen LogP contribution < -0.4 is 14.8 Å². The number of aromatic nitrogens is 3. The largest absolute Gasteiger partial charge is 0.493 e. The molecule has 7 nitrogen and oxygen atoms in total. The molecule has 1 aromatic heterocycles. The molecule has 2 aromatic carbocycles. The Morgan fingerprint density at radius 1 is 1.12 bits per heavy atom. The molecule has 0 unspecified atom stereocenters. The number of halogens is 3. The molecule has 1 N–H and O–H groups in total. The number of ether oxygens (including phenoxy) is 2. The molecule has 4 rings (SSSR count). The number of aryl methyl sites for hydroxylation is 1. The van der Waals surface area contributed by atoms with Crippen molar-refractivity contribution in [3.63, 3.8) is 0 Å². The van der Waals surface area contributed by atoms with E-state index in [1.54, 1.807) is 18.2 Å². The van der Waals surface area contributed by atoms with E-state index in [0.29, 0.717) is 22.1 Å². The van der Waals surface area contributed by atoms with Crippen molar-refractivity contribution < 1.29 is 23.0 Å². The fourth-order valence-electron chi connectivity index (χ4n) is 3.66. The minimum absolute atomic E-state index is 0.0286. The molecule has 1 aliphatic heterocycles. The van der Waals surface area contributed by atoms with Crippen LogP contribution in [0.4, 0.5) is 14.5 Å². The molecule has 0 radical (unpaired) electrons. The van der Waals surface area contributed by atoms with Crippen LogP contribution in [0.3, 0.4) is 0 Å². The van der Waals surface area contributed by atoms with Gasteiger partial charge in [-0.05, 0) is 49.2 Å². The van der Waals surface area contributed by atoms with Crippen molar-refractivity contribution in [2.45, 2.75) is 38.8 Å². The van der Waals surface area contributed by atoms with Crippen LogP contribution in [-0.2, 0) is 13.0 Å². The second-order valence-electron chi connectivity index (χ2n) is 7.30. The molecule has 10 heteroatoms. The zero-order valence-electron chi connectivity index (χ0n) is 17.3. The summed E-state index contributed by atoms with van der Waals surface area (Å²) in [4.78, 5) is 12.8. The molecule has 3 aromatic rings. The predicted molar refractivity (Wildman–Crippen MR) is 116 cm³/mol. The number of nitrogens with one attached hydrogen (secondary N) is 1. The Labute approximate surface area is 188 Å². The summed E-state index contributed by atoms with van der Waals surface area (Å²) in [6, 6.07) is 9.08. The van der Waals surface area contributed by atoms with Crippen molar-refractivity contribution in [2.75, 3.05) is 12.4 Å². The van der Waals surface area contributed by atoms with Crippen LogP contribution in [0.1, 0.15) is 35.4 Å². The van der Waals surface area contributed by atoms with Crippen LogP contribution in [0.2, 0.25) is 5.02 Å². The Morgan fingerprint density at radius 2 is 1.97 bits per heavy atom. The first-order valence-electron chi connectivity index (χ1n) is 10.1. The van der Waals surface area contributed by atoms with E-state index in [2.05, 4.69) is 24.8 Å². The molecule has 0 atom stereocenters. The van der Waals surface area contributed by atoms with E-state index < -0.39 is 12.5 Å². The van der Waals surface area contributed by atoms with Crippen molar-refractivity contribution in [1.82, 2.24) is 14.8 Å². The van der Waals surface area contributed by atoms with Gasteiger partial charge in [0.2, 0.25) is 0 Å². The number of rotatable bonds is 6. The van der Waals surface area contributed by atoms with Gasteiger partial charge >= 0.3 is 6.61 Å². The predicted octanol–water partition coefficient (Wildman–Crippen LogP) is 5.19. The van der Waals surface area contributed by atoms with Gasteiger partial charge in [-0.3, -0.25) is 4.79 Å². The first-order chi connectivity index (χ1) is 15.5. The minimum atomic E-state index is -3.00. The van der Waals surface area contributed by atoms with E-state index in [0.717, 1.165) is 38.1 Å². The van der Waals surface area contributed by atoms with Crippen molar-refractivity contribution in [1.29, 1.82) is 0 Å². The molecule has 0 fully saturated rings. The number of anilines is 1. The number of hydrogen-bond donors (Lipinski definition) is 1. The van der Waals surface area contributed by atoms with Crippen LogP contribution >= 0.6 is 11.6 Å². The van der Waals surface area contributed by atoms with Crippen LogP contribution in [-0.4, -0.2) is 34.4 Å². The van der Waals surface area contributed by atoms with Gasteiger partial charge in [-0.2, -0.15) is 8.78 Å². The molecule has 168 valence electrons. The molecule has 0 bridgehead atoms. The normalized spacial score (nSPS) is 13.4. The maximum absolute atomic E-state index is 12.8. The third-order valence-corrected chi connectivity index (χ3v) is 5.55. The fraction of sp³-hybridized carbons (Fsp3) is 0.318. The molecule has 0 saturated carbocycles. The number of amides is 1. The first kappa shape index (κ1) is 22.0. The molecule has 1 aliphatic rings. The molecule has 0 aliphatic carbocycles. The summed E-state index contributed by atoms with van der Waals surface area (Å²) in [6.45, 7) is -2.18. The lowest BCUT2D eigenvalue weighted by atomic mass is 10.1. The number of methoxy groups -OCH3 is 1. The van der Waals surface area contributed by atoms with E-state index >= 15 is 0 Å². The number of hydrogen-bond acceptors (Lipinski definition) is 5. The van der Waals surface area contributed by atoms with E-state index in [-0.39, 0.29) is 17.1 Å². The topological polar surface area (TPSA) is 78.3 Å². The maximum Gasteiger partial charge on any atom is 0.387 e. The summed E-state index contributed by atoms with van der Waals surface area (Å²) >= 11 is 6.44. The van der Waals surface area contributed by atoms with Gasteiger partial charge in [-0.15, -0.1) is 10.2 Å². The van der Waals surface area contributed by atoms with E-state index in [1.807, 2.05) is 0 Å². The van der Waals surface area contributed by atoms with Crippen LogP contribution in [0.5, 0.6) is 11.5 Å². The Balaban J connectivity index is 1.58. The molecular weight excluding hydrogens is 442 g/mol. The summed E-state index contributed by atoms with van der Waals surface area (Å²) in [5.41, 5.74) is 1.40. The Hall–Kier alpha value is -3.20. The van der Waals surface area contributed by atoms with Gasteiger partial charge in [0.1, 0.15) is 5.82 Å². The standard InChI is InChI=1S/C22H21ClF2N4O3/c1-31-18-11-13(6-9-17(18)32-22(24)25)21(30)26-14-7-8-16(23)15(12-14)20-28-27-19-5-3-2-4-10-29(19)20/h6-9,11-12,22H,2-5,10H2,1H3,(H,26,30). The van der Waals surface area contributed by atoms with Gasteiger partial charge in [-0.1, -0.05) is 18.0 Å². The third kappa shape index (κ3) is 4.67.